The van der Waals surface area contributed by atoms with Gasteiger partial charge in [0.15, 0.2) is 0 Å². The molecule has 2 rings (SSSR count). The molecular formula is C15H19NS2. The highest BCUT2D eigenvalue weighted by Gasteiger charge is 2.11. The van der Waals surface area contributed by atoms with Gasteiger partial charge < -0.3 is 5.32 Å². The fourth-order valence-electron chi connectivity index (χ4n) is 1.83. The van der Waals surface area contributed by atoms with Gasteiger partial charge in [-0.3, -0.25) is 0 Å². The Hall–Kier alpha value is -0.770. The van der Waals surface area contributed by atoms with E-state index in [1.54, 1.807) is 0 Å². The fraction of sp³-hybridized carbons (Fsp3) is 0.333. The molecule has 0 radical (unpaired) electrons. The normalized spacial score (nSPS) is 12.6. The van der Waals surface area contributed by atoms with Gasteiger partial charge in [-0.2, -0.15) is 0 Å². The van der Waals surface area contributed by atoms with E-state index in [2.05, 4.69) is 55.6 Å². The molecule has 0 bridgehead atoms. The molecule has 3 heteroatoms. The fourth-order valence-corrected chi connectivity index (χ4v) is 4.08. The van der Waals surface area contributed by atoms with Gasteiger partial charge in [0.1, 0.15) is 0 Å². The SMILES string of the molecule is CNC(CSc1cccc(C)c1)c1ccc(C)s1. The van der Waals surface area contributed by atoms with Crippen LogP contribution in [0.3, 0.4) is 0 Å². The molecule has 0 spiro atoms. The Morgan fingerprint density at radius 2 is 2.06 bits per heavy atom. The molecule has 0 aliphatic rings. The van der Waals surface area contributed by atoms with Crippen molar-refractivity contribution >= 4 is 23.1 Å². The van der Waals surface area contributed by atoms with Crippen LogP contribution in [-0.2, 0) is 0 Å². The van der Waals surface area contributed by atoms with Gasteiger partial charge in [0.2, 0.25) is 0 Å². The lowest BCUT2D eigenvalue weighted by atomic mass is 10.2. The maximum absolute atomic E-state index is 3.41. The minimum Gasteiger partial charge on any atom is -0.312 e. The molecule has 0 aliphatic carbocycles. The second-order valence-electron chi connectivity index (χ2n) is 4.42. The van der Waals surface area contributed by atoms with Crippen molar-refractivity contribution < 1.29 is 0 Å². The number of aryl methyl sites for hydroxylation is 2. The first-order valence-corrected chi connectivity index (χ1v) is 7.92. The Bertz CT molecular complexity index is 505. The zero-order chi connectivity index (χ0) is 13.0. The van der Waals surface area contributed by atoms with Gasteiger partial charge in [0, 0.05) is 20.4 Å². The average Bonchev–Trinajstić information content (AvgIpc) is 2.77. The molecule has 0 amide bonds. The highest BCUT2D eigenvalue weighted by molar-refractivity contribution is 7.99. The summed E-state index contributed by atoms with van der Waals surface area (Å²) < 4.78 is 0. The van der Waals surface area contributed by atoms with Crippen LogP contribution in [0.1, 0.15) is 21.4 Å². The minimum atomic E-state index is 0.439. The van der Waals surface area contributed by atoms with Crippen LogP contribution < -0.4 is 5.32 Å². The summed E-state index contributed by atoms with van der Waals surface area (Å²) in [4.78, 5) is 4.16. The van der Waals surface area contributed by atoms with Gasteiger partial charge >= 0.3 is 0 Å². The maximum Gasteiger partial charge on any atom is 0.0507 e. The average molecular weight is 277 g/mol. The van der Waals surface area contributed by atoms with Crippen LogP contribution in [0.4, 0.5) is 0 Å². The first-order valence-electron chi connectivity index (χ1n) is 6.12. The summed E-state index contributed by atoms with van der Waals surface area (Å²) in [6, 6.07) is 13.6. The van der Waals surface area contributed by atoms with Crippen molar-refractivity contribution in [2.24, 2.45) is 0 Å². The molecule has 1 nitrogen and oxygen atoms in total. The van der Waals surface area contributed by atoms with Gasteiger partial charge in [-0.25, -0.2) is 0 Å². The van der Waals surface area contributed by atoms with E-state index in [0.717, 1.165) is 5.75 Å². The Labute approximate surface area is 118 Å². The lowest BCUT2D eigenvalue weighted by Gasteiger charge is -2.14. The van der Waals surface area contributed by atoms with Crippen molar-refractivity contribution in [2.75, 3.05) is 12.8 Å². The predicted octanol–water partition coefficient (Wildman–Crippen LogP) is 4.42. The van der Waals surface area contributed by atoms with Gasteiger partial charge in [0.25, 0.3) is 0 Å². The molecule has 1 aromatic heterocycles. The molecule has 0 fully saturated rings. The number of thioether (sulfide) groups is 1. The summed E-state index contributed by atoms with van der Waals surface area (Å²) in [7, 11) is 2.04. The van der Waals surface area contributed by atoms with E-state index in [-0.39, 0.29) is 0 Å². The molecule has 0 saturated heterocycles. The van der Waals surface area contributed by atoms with Gasteiger partial charge in [0.05, 0.1) is 6.04 Å². The Morgan fingerprint density at radius 1 is 1.22 bits per heavy atom. The van der Waals surface area contributed by atoms with E-state index in [1.165, 1.54) is 20.2 Å². The molecule has 18 heavy (non-hydrogen) atoms. The highest BCUT2D eigenvalue weighted by atomic mass is 32.2. The molecule has 2 aromatic rings. The van der Waals surface area contributed by atoms with E-state index in [9.17, 15) is 0 Å². The Balaban J connectivity index is 1.99. The third kappa shape index (κ3) is 3.61. The highest BCUT2D eigenvalue weighted by Crippen LogP contribution is 2.28. The van der Waals surface area contributed by atoms with Crippen LogP contribution in [0.5, 0.6) is 0 Å². The van der Waals surface area contributed by atoms with E-state index in [4.69, 9.17) is 0 Å². The first-order chi connectivity index (χ1) is 8.69. The summed E-state index contributed by atoms with van der Waals surface area (Å²) >= 11 is 3.80. The number of hydrogen-bond donors (Lipinski definition) is 1. The lowest BCUT2D eigenvalue weighted by Crippen LogP contribution is -2.17. The predicted molar refractivity (Wildman–Crippen MR) is 82.8 cm³/mol. The minimum absolute atomic E-state index is 0.439. The van der Waals surface area contributed by atoms with Crippen LogP contribution in [0.15, 0.2) is 41.3 Å². The van der Waals surface area contributed by atoms with E-state index in [1.807, 2.05) is 30.1 Å². The van der Waals surface area contributed by atoms with Crippen molar-refractivity contribution in [1.82, 2.24) is 5.32 Å². The molecule has 1 unspecified atom stereocenters. The third-order valence-corrected chi connectivity index (χ3v) is 5.06. The van der Waals surface area contributed by atoms with Crippen LogP contribution in [0, 0.1) is 13.8 Å². The molecule has 1 heterocycles. The zero-order valence-corrected chi connectivity index (χ0v) is 12.7. The quantitative estimate of drug-likeness (QED) is 0.812. The van der Waals surface area contributed by atoms with Crippen molar-refractivity contribution in [3.05, 3.63) is 51.7 Å². The largest absolute Gasteiger partial charge is 0.312 e. The van der Waals surface area contributed by atoms with Crippen LogP contribution in [0.2, 0.25) is 0 Å². The molecule has 0 aliphatic heterocycles. The molecule has 0 saturated carbocycles. The van der Waals surface area contributed by atoms with Crippen molar-refractivity contribution in [3.8, 4) is 0 Å². The van der Waals surface area contributed by atoms with E-state index >= 15 is 0 Å². The van der Waals surface area contributed by atoms with Gasteiger partial charge in [-0.05, 0) is 45.2 Å². The third-order valence-electron chi connectivity index (χ3n) is 2.86. The first kappa shape index (κ1) is 13.7. The second kappa shape index (κ2) is 6.41. The Morgan fingerprint density at radius 3 is 2.67 bits per heavy atom. The number of rotatable bonds is 5. The van der Waals surface area contributed by atoms with Crippen molar-refractivity contribution in [1.29, 1.82) is 0 Å². The molecule has 1 N–H and O–H groups in total. The van der Waals surface area contributed by atoms with E-state index < -0.39 is 0 Å². The van der Waals surface area contributed by atoms with Crippen molar-refractivity contribution in [2.45, 2.75) is 24.8 Å². The number of thiophene rings is 1. The van der Waals surface area contributed by atoms with E-state index in [0.29, 0.717) is 6.04 Å². The van der Waals surface area contributed by atoms with Gasteiger partial charge in [-0.15, -0.1) is 23.1 Å². The Kier molecular flexibility index (Phi) is 4.87. The topological polar surface area (TPSA) is 12.0 Å². The maximum atomic E-state index is 3.41. The number of nitrogens with one attached hydrogen (secondary N) is 1. The summed E-state index contributed by atoms with van der Waals surface area (Å²) in [5, 5.41) is 3.41. The molecule has 1 aromatic carbocycles. The second-order valence-corrected chi connectivity index (χ2v) is 6.83. The molecular weight excluding hydrogens is 258 g/mol. The van der Waals surface area contributed by atoms with Gasteiger partial charge in [-0.1, -0.05) is 17.7 Å². The summed E-state index contributed by atoms with van der Waals surface area (Å²) in [5.41, 5.74) is 1.33. The number of hydrogen-bond acceptors (Lipinski definition) is 3. The smallest absolute Gasteiger partial charge is 0.0507 e. The van der Waals surface area contributed by atoms with Crippen LogP contribution in [0.25, 0.3) is 0 Å². The standard InChI is InChI=1S/C15H19NS2/c1-11-5-4-6-13(9-11)17-10-14(16-3)15-8-7-12(2)18-15/h4-9,14,16H,10H2,1-3H3. The zero-order valence-electron chi connectivity index (χ0n) is 11.1. The monoisotopic (exact) mass is 277 g/mol. The molecule has 1 atom stereocenters. The van der Waals surface area contributed by atoms with Crippen molar-refractivity contribution in [3.63, 3.8) is 0 Å². The lowest BCUT2D eigenvalue weighted by molar-refractivity contribution is 0.673. The summed E-state index contributed by atoms with van der Waals surface area (Å²) in [6.45, 7) is 4.30. The van der Waals surface area contributed by atoms with Crippen LogP contribution >= 0.6 is 23.1 Å². The number of benzene rings is 1. The summed E-state index contributed by atoms with van der Waals surface area (Å²) in [5.74, 6) is 1.07. The van der Waals surface area contributed by atoms with Crippen LogP contribution in [-0.4, -0.2) is 12.8 Å². The summed E-state index contributed by atoms with van der Waals surface area (Å²) in [6.07, 6.45) is 0. The molecule has 96 valence electrons.